The molecule has 1 N–H and O–H groups in total. The molecule has 0 amide bonds. The molecule has 0 fully saturated rings. The zero-order valence-corrected chi connectivity index (χ0v) is 13.4. The Hall–Kier alpha value is 0.190. The van der Waals surface area contributed by atoms with E-state index in [1.807, 2.05) is 25.1 Å². The second-order valence-corrected chi connectivity index (χ2v) is 6.96. The van der Waals surface area contributed by atoms with Gasteiger partial charge in [-0.25, -0.2) is 0 Å². The van der Waals surface area contributed by atoms with E-state index in [0.717, 1.165) is 23.9 Å². The molecule has 2 aromatic rings. The van der Waals surface area contributed by atoms with Crippen LogP contribution in [0.5, 0.6) is 0 Å². The SMILES string of the molecule is Cc1cc(C(O)c2cc(Cl)ccc2I)sc1Cl. The molecule has 17 heavy (non-hydrogen) atoms. The number of aliphatic hydroxyl groups excluding tert-OH is 1. The lowest BCUT2D eigenvalue weighted by atomic mass is 10.1. The molecular formula is C12H9Cl2IOS. The molecule has 0 aliphatic heterocycles. The normalized spacial score (nSPS) is 12.8. The lowest BCUT2D eigenvalue weighted by Gasteiger charge is -2.11. The smallest absolute Gasteiger partial charge is 0.114 e. The van der Waals surface area contributed by atoms with Gasteiger partial charge in [0.05, 0.1) is 4.34 Å². The minimum absolute atomic E-state index is 0.624. The molecule has 2 rings (SSSR count). The van der Waals surface area contributed by atoms with Crippen LogP contribution in [-0.2, 0) is 0 Å². The first kappa shape index (κ1) is 13.6. The van der Waals surface area contributed by atoms with E-state index in [4.69, 9.17) is 23.2 Å². The Balaban J connectivity index is 2.42. The molecule has 0 saturated heterocycles. The maximum absolute atomic E-state index is 10.3. The highest BCUT2D eigenvalue weighted by Crippen LogP contribution is 2.36. The Bertz CT molecular complexity index is 534. The van der Waals surface area contributed by atoms with E-state index in [-0.39, 0.29) is 0 Å². The molecule has 0 spiro atoms. The van der Waals surface area contributed by atoms with Gasteiger partial charge >= 0.3 is 0 Å². The molecule has 1 aromatic carbocycles. The summed E-state index contributed by atoms with van der Waals surface area (Å²) in [5, 5.41) is 10.9. The van der Waals surface area contributed by atoms with Gasteiger partial charge in [0.2, 0.25) is 0 Å². The third kappa shape index (κ3) is 2.96. The minimum atomic E-state index is -0.670. The molecule has 1 aromatic heterocycles. The highest BCUT2D eigenvalue weighted by atomic mass is 127. The molecule has 1 unspecified atom stereocenters. The van der Waals surface area contributed by atoms with Crippen molar-refractivity contribution < 1.29 is 5.11 Å². The summed E-state index contributed by atoms with van der Waals surface area (Å²) in [7, 11) is 0. The lowest BCUT2D eigenvalue weighted by molar-refractivity contribution is 0.223. The molecule has 0 saturated carbocycles. The molecule has 1 nitrogen and oxygen atoms in total. The van der Waals surface area contributed by atoms with Gasteiger partial charge in [-0.15, -0.1) is 11.3 Å². The Morgan fingerprint density at radius 1 is 1.29 bits per heavy atom. The summed E-state index contributed by atoms with van der Waals surface area (Å²) in [6.07, 6.45) is -0.670. The molecule has 5 heteroatoms. The van der Waals surface area contributed by atoms with Crippen LogP contribution in [0, 0.1) is 10.5 Å². The van der Waals surface area contributed by atoms with E-state index in [2.05, 4.69) is 22.6 Å². The van der Waals surface area contributed by atoms with Crippen molar-refractivity contribution in [3.63, 3.8) is 0 Å². The number of aryl methyl sites for hydroxylation is 1. The van der Waals surface area contributed by atoms with Crippen LogP contribution in [0.1, 0.15) is 22.1 Å². The van der Waals surface area contributed by atoms with E-state index < -0.39 is 6.10 Å². The molecule has 1 atom stereocenters. The van der Waals surface area contributed by atoms with Crippen molar-refractivity contribution in [1.82, 2.24) is 0 Å². The van der Waals surface area contributed by atoms with Crippen LogP contribution in [0.25, 0.3) is 0 Å². The summed E-state index contributed by atoms with van der Waals surface area (Å²) in [5.41, 5.74) is 1.80. The van der Waals surface area contributed by atoms with Crippen LogP contribution in [-0.4, -0.2) is 5.11 Å². The summed E-state index contributed by atoms with van der Waals surface area (Å²) in [4.78, 5) is 0.840. The molecule has 0 aliphatic carbocycles. The van der Waals surface area contributed by atoms with Crippen LogP contribution in [0.3, 0.4) is 0 Å². The Kier molecular flexibility index (Phi) is 4.36. The topological polar surface area (TPSA) is 20.2 Å². The predicted octanol–water partition coefficient (Wildman–Crippen LogP) is 5.05. The number of aliphatic hydroxyl groups is 1. The van der Waals surface area contributed by atoms with Gasteiger partial charge in [0, 0.05) is 19.0 Å². The van der Waals surface area contributed by atoms with Crippen LogP contribution in [0.4, 0.5) is 0 Å². The summed E-state index contributed by atoms with van der Waals surface area (Å²) in [6.45, 7) is 1.93. The van der Waals surface area contributed by atoms with E-state index in [9.17, 15) is 5.11 Å². The first-order valence-electron chi connectivity index (χ1n) is 4.88. The number of benzene rings is 1. The van der Waals surface area contributed by atoms with Gasteiger partial charge in [-0.05, 0) is 59.3 Å². The van der Waals surface area contributed by atoms with E-state index in [0.29, 0.717) is 5.02 Å². The number of halogens is 3. The number of hydrogen-bond acceptors (Lipinski definition) is 2. The largest absolute Gasteiger partial charge is 0.383 e. The third-order valence-electron chi connectivity index (χ3n) is 2.40. The van der Waals surface area contributed by atoms with Gasteiger partial charge in [0.25, 0.3) is 0 Å². The van der Waals surface area contributed by atoms with Gasteiger partial charge in [-0.1, -0.05) is 23.2 Å². The third-order valence-corrected chi connectivity index (χ3v) is 5.22. The summed E-state index contributed by atoms with van der Waals surface area (Å²) < 4.78 is 1.71. The molecule has 90 valence electrons. The average molecular weight is 399 g/mol. The predicted molar refractivity (Wildman–Crippen MR) is 82.3 cm³/mol. The molecule has 0 radical (unpaired) electrons. The van der Waals surface area contributed by atoms with Crippen molar-refractivity contribution in [3.05, 3.63) is 53.2 Å². The van der Waals surface area contributed by atoms with E-state index >= 15 is 0 Å². The van der Waals surface area contributed by atoms with Crippen molar-refractivity contribution in [3.8, 4) is 0 Å². The van der Waals surface area contributed by atoms with E-state index in [1.165, 1.54) is 11.3 Å². The summed E-state index contributed by atoms with van der Waals surface area (Å²) in [6, 6.07) is 7.40. The Morgan fingerprint density at radius 2 is 2.00 bits per heavy atom. The van der Waals surface area contributed by atoms with E-state index in [1.54, 1.807) is 6.07 Å². The van der Waals surface area contributed by atoms with Crippen LogP contribution < -0.4 is 0 Å². The fourth-order valence-corrected chi connectivity index (χ4v) is 3.53. The van der Waals surface area contributed by atoms with Gasteiger partial charge in [-0.3, -0.25) is 0 Å². The fourth-order valence-electron chi connectivity index (χ4n) is 1.50. The van der Waals surface area contributed by atoms with Gasteiger partial charge in [0.1, 0.15) is 6.10 Å². The van der Waals surface area contributed by atoms with Gasteiger partial charge < -0.3 is 5.11 Å². The van der Waals surface area contributed by atoms with Crippen molar-refractivity contribution in [1.29, 1.82) is 0 Å². The highest BCUT2D eigenvalue weighted by Gasteiger charge is 2.17. The second-order valence-electron chi connectivity index (χ2n) is 3.67. The standard InChI is InChI=1S/C12H9Cl2IOS/c1-6-4-10(17-12(6)14)11(16)8-5-7(13)2-3-9(8)15/h2-5,11,16H,1H3. The van der Waals surface area contributed by atoms with Crippen LogP contribution in [0.2, 0.25) is 9.36 Å². The monoisotopic (exact) mass is 398 g/mol. The maximum Gasteiger partial charge on any atom is 0.114 e. The second kappa shape index (κ2) is 5.45. The van der Waals surface area contributed by atoms with Crippen molar-refractivity contribution in [2.24, 2.45) is 0 Å². The molecule has 0 aliphatic rings. The van der Waals surface area contributed by atoms with Gasteiger partial charge in [-0.2, -0.15) is 0 Å². The number of hydrogen-bond donors (Lipinski definition) is 1. The quantitative estimate of drug-likeness (QED) is 0.701. The average Bonchev–Trinajstić information content (AvgIpc) is 2.62. The minimum Gasteiger partial charge on any atom is -0.383 e. The highest BCUT2D eigenvalue weighted by molar-refractivity contribution is 14.1. The zero-order chi connectivity index (χ0) is 12.6. The Labute approximate surface area is 128 Å². The van der Waals surface area contributed by atoms with Crippen molar-refractivity contribution >= 4 is 57.1 Å². The maximum atomic E-state index is 10.3. The van der Waals surface area contributed by atoms with Crippen molar-refractivity contribution in [2.45, 2.75) is 13.0 Å². The number of thiophene rings is 1. The summed E-state index contributed by atoms with van der Waals surface area (Å²) in [5.74, 6) is 0. The first-order valence-corrected chi connectivity index (χ1v) is 7.53. The first-order chi connectivity index (χ1) is 7.99. The lowest BCUT2D eigenvalue weighted by Crippen LogP contribution is -1.99. The fraction of sp³-hybridized carbons (Fsp3) is 0.167. The molecule has 0 bridgehead atoms. The van der Waals surface area contributed by atoms with Gasteiger partial charge in [0.15, 0.2) is 0 Å². The number of rotatable bonds is 2. The van der Waals surface area contributed by atoms with Crippen LogP contribution in [0.15, 0.2) is 24.3 Å². The summed E-state index contributed by atoms with van der Waals surface area (Å²) >= 11 is 15.5. The van der Waals surface area contributed by atoms with Crippen LogP contribution >= 0.6 is 57.1 Å². The molecular weight excluding hydrogens is 390 g/mol. The Morgan fingerprint density at radius 3 is 2.59 bits per heavy atom. The molecule has 1 heterocycles. The zero-order valence-electron chi connectivity index (χ0n) is 8.88. The van der Waals surface area contributed by atoms with Crippen molar-refractivity contribution in [2.75, 3.05) is 0 Å².